The number of benzene rings is 1. The first-order valence-electron chi connectivity index (χ1n) is 8.06. The number of amides is 2. The van der Waals surface area contributed by atoms with Crippen LogP contribution in [0.5, 0.6) is 0 Å². The maximum Gasteiger partial charge on any atom is 0.246 e. The number of nitrogens with two attached hydrogens (primary N) is 1. The van der Waals surface area contributed by atoms with Gasteiger partial charge in [-0.25, -0.2) is 0 Å². The molecule has 1 atom stereocenters. The van der Waals surface area contributed by atoms with Gasteiger partial charge in [0.25, 0.3) is 0 Å². The molecule has 2 aromatic rings. The fraction of sp³-hybridized carbons (Fsp3) is 0.412. The molecule has 0 spiro atoms. The molecule has 0 aliphatic carbocycles. The van der Waals surface area contributed by atoms with Crippen molar-refractivity contribution < 1.29 is 14.1 Å². The van der Waals surface area contributed by atoms with E-state index in [1.165, 1.54) is 0 Å². The van der Waals surface area contributed by atoms with Crippen LogP contribution in [0.2, 0.25) is 0 Å². The summed E-state index contributed by atoms with van der Waals surface area (Å²) in [5, 5.41) is 9.13. The highest BCUT2D eigenvalue weighted by atomic mass is 16.5. The first-order chi connectivity index (χ1) is 11.8. The van der Waals surface area contributed by atoms with Gasteiger partial charge in [0.2, 0.25) is 17.7 Å². The molecule has 1 heterocycles. The summed E-state index contributed by atoms with van der Waals surface area (Å²) in [6, 6.07) is 6.87. The lowest BCUT2D eigenvalue weighted by Gasteiger charge is -2.14. The van der Waals surface area contributed by atoms with E-state index < -0.39 is 6.04 Å². The summed E-state index contributed by atoms with van der Waals surface area (Å²) in [5.74, 6) is -0.0258. The van der Waals surface area contributed by atoms with Crippen LogP contribution in [-0.4, -0.2) is 28.0 Å². The van der Waals surface area contributed by atoms with Crippen LogP contribution in [0.1, 0.15) is 31.1 Å². The average molecular weight is 345 g/mol. The molecule has 25 heavy (non-hydrogen) atoms. The Labute approximate surface area is 146 Å². The topological polar surface area (TPSA) is 123 Å². The highest BCUT2D eigenvalue weighted by Gasteiger charge is 2.18. The molecule has 0 aliphatic heterocycles. The van der Waals surface area contributed by atoms with Gasteiger partial charge in [-0.1, -0.05) is 36.7 Å². The maximum absolute atomic E-state index is 12.0. The van der Waals surface area contributed by atoms with E-state index in [0.717, 1.165) is 5.56 Å². The Hall–Kier alpha value is -2.74. The van der Waals surface area contributed by atoms with Crippen molar-refractivity contribution in [2.75, 3.05) is 5.32 Å². The Bertz CT molecular complexity index is 724. The Balaban J connectivity index is 1.83. The number of carbonyl (C=O) groups is 2. The fourth-order valence-electron chi connectivity index (χ4n) is 2.00. The smallest absolute Gasteiger partial charge is 0.246 e. The van der Waals surface area contributed by atoms with Gasteiger partial charge in [-0.2, -0.15) is 4.98 Å². The van der Waals surface area contributed by atoms with Gasteiger partial charge in [-0.3, -0.25) is 9.59 Å². The molecular formula is C17H23N5O3. The van der Waals surface area contributed by atoms with Crippen molar-refractivity contribution in [3.05, 3.63) is 41.5 Å². The van der Waals surface area contributed by atoms with Crippen LogP contribution in [0.25, 0.3) is 0 Å². The van der Waals surface area contributed by atoms with Gasteiger partial charge in [0.15, 0.2) is 5.82 Å². The third-order valence-corrected chi connectivity index (χ3v) is 3.60. The summed E-state index contributed by atoms with van der Waals surface area (Å²) in [4.78, 5) is 27.9. The predicted octanol–water partition coefficient (Wildman–Crippen LogP) is 1.16. The molecule has 0 fully saturated rings. The van der Waals surface area contributed by atoms with Crippen LogP contribution in [-0.2, 0) is 22.6 Å². The normalized spacial score (nSPS) is 12.0. The molecule has 0 saturated heterocycles. The summed E-state index contributed by atoms with van der Waals surface area (Å²) in [6.45, 7) is 5.77. The van der Waals surface area contributed by atoms with Crippen LogP contribution in [0.4, 0.5) is 5.69 Å². The van der Waals surface area contributed by atoms with E-state index in [1.54, 1.807) is 0 Å². The van der Waals surface area contributed by atoms with E-state index in [-0.39, 0.29) is 42.4 Å². The number of anilines is 1. The number of nitrogens with one attached hydrogen (secondary N) is 2. The molecule has 1 aromatic carbocycles. The lowest BCUT2D eigenvalue weighted by atomic mass is 10.1. The van der Waals surface area contributed by atoms with Crippen molar-refractivity contribution in [1.29, 1.82) is 0 Å². The molecule has 0 radical (unpaired) electrons. The first-order valence-corrected chi connectivity index (χ1v) is 8.06. The van der Waals surface area contributed by atoms with Crippen LogP contribution in [0.15, 0.2) is 28.8 Å². The zero-order valence-corrected chi connectivity index (χ0v) is 14.6. The minimum Gasteiger partial charge on any atom is -0.346 e. The molecule has 8 heteroatoms. The Morgan fingerprint density at radius 2 is 1.92 bits per heavy atom. The largest absolute Gasteiger partial charge is 0.346 e. The van der Waals surface area contributed by atoms with Crippen molar-refractivity contribution in [3.63, 3.8) is 0 Å². The summed E-state index contributed by atoms with van der Waals surface area (Å²) < 4.78 is 5.03. The highest BCUT2D eigenvalue weighted by Crippen LogP contribution is 2.09. The van der Waals surface area contributed by atoms with E-state index in [0.29, 0.717) is 5.69 Å². The quantitative estimate of drug-likeness (QED) is 0.692. The second-order valence-corrected chi connectivity index (χ2v) is 6.18. The van der Waals surface area contributed by atoms with Crippen LogP contribution in [0.3, 0.4) is 0 Å². The molecule has 2 amide bonds. The van der Waals surface area contributed by atoms with Crippen molar-refractivity contribution in [2.45, 2.75) is 39.8 Å². The van der Waals surface area contributed by atoms with Crippen molar-refractivity contribution in [1.82, 2.24) is 15.5 Å². The highest BCUT2D eigenvalue weighted by molar-refractivity contribution is 5.91. The van der Waals surface area contributed by atoms with Gasteiger partial charge >= 0.3 is 0 Å². The van der Waals surface area contributed by atoms with Crippen molar-refractivity contribution in [2.24, 2.45) is 11.7 Å². The first kappa shape index (κ1) is 18.6. The van der Waals surface area contributed by atoms with Crippen LogP contribution >= 0.6 is 0 Å². The van der Waals surface area contributed by atoms with Crippen molar-refractivity contribution in [3.8, 4) is 0 Å². The summed E-state index contributed by atoms with van der Waals surface area (Å²) in [6.07, 6.45) is -0.0170. The van der Waals surface area contributed by atoms with E-state index in [9.17, 15) is 9.59 Å². The minimum atomic E-state index is -0.595. The number of nitrogens with zero attached hydrogens (tertiary/aromatic N) is 2. The number of rotatable bonds is 7. The zero-order valence-electron chi connectivity index (χ0n) is 14.6. The molecule has 8 nitrogen and oxygen atoms in total. The van der Waals surface area contributed by atoms with E-state index in [1.807, 2.05) is 45.0 Å². The van der Waals surface area contributed by atoms with Gasteiger partial charge in [0.05, 0.1) is 19.0 Å². The zero-order chi connectivity index (χ0) is 18.4. The summed E-state index contributed by atoms with van der Waals surface area (Å²) in [5.41, 5.74) is 7.56. The number of hydrogen-bond donors (Lipinski definition) is 3. The molecule has 0 unspecified atom stereocenters. The average Bonchev–Trinajstić information content (AvgIpc) is 3.01. The molecule has 0 bridgehead atoms. The number of carbonyl (C=O) groups excluding carboxylic acids is 2. The van der Waals surface area contributed by atoms with Crippen LogP contribution in [0, 0.1) is 12.8 Å². The van der Waals surface area contributed by atoms with Gasteiger partial charge in [0, 0.05) is 5.69 Å². The Morgan fingerprint density at radius 1 is 1.24 bits per heavy atom. The Kier molecular flexibility index (Phi) is 6.24. The van der Waals surface area contributed by atoms with E-state index in [2.05, 4.69) is 20.8 Å². The van der Waals surface area contributed by atoms with Gasteiger partial charge in [-0.05, 0) is 25.0 Å². The predicted molar refractivity (Wildman–Crippen MR) is 92.5 cm³/mol. The lowest BCUT2D eigenvalue weighted by molar-refractivity contribution is -0.123. The summed E-state index contributed by atoms with van der Waals surface area (Å²) >= 11 is 0. The lowest BCUT2D eigenvalue weighted by Crippen LogP contribution is -2.43. The number of aromatic nitrogens is 2. The Morgan fingerprint density at radius 3 is 2.56 bits per heavy atom. The number of aryl methyl sites for hydroxylation is 1. The molecule has 0 aliphatic rings. The standard InChI is InChI=1S/C17H23N5O3/c1-10(2)16(18)17(24)19-9-15-21-13(22-25-15)8-14(23)20-12-6-4-11(3)5-7-12/h4-7,10,16H,8-9,18H2,1-3H3,(H,19,24)(H,20,23)/t16-/m0/s1. The fourth-order valence-corrected chi connectivity index (χ4v) is 2.00. The second kappa shape index (κ2) is 8.39. The van der Waals surface area contributed by atoms with Gasteiger partial charge in [-0.15, -0.1) is 0 Å². The maximum atomic E-state index is 12.0. The second-order valence-electron chi connectivity index (χ2n) is 6.18. The summed E-state index contributed by atoms with van der Waals surface area (Å²) in [7, 11) is 0. The molecular weight excluding hydrogens is 322 g/mol. The third kappa shape index (κ3) is 5.68. The molecule has 4 N–H and O–H groups in total. The van der Waals surface area contributed by atoms with Crippen molar-refractivity contribution >= 4 is 17.5 Å². The molecule has 134 valence electrons. The van der Waals surface area contributed by atoms with Crippen LogP contribution < -0.4 is 16.4 Å². The number of hydrogen-bond acceptors (Lipinski definition) is 6. The third-order valence-electron chi connectivity index (χ3n) is 3.60. The van der Waals surface area contributed by atoms with E-state index in [4.69, 9.17) is 10.3 Å². The van der Waals surface area contributed by atoms with Gasteiger partial charge in [0.1, 0.15) is 0 Å². The molecule has 0 saturated carbocycles. The van der Waals surface area contributed by atoms with Gasteiger partial charge < -0.3 is 20.9 Å². The monoisotopic (exact) mass is 345 g/mol. The minimum absolute atomic E-state index is 0.0170. The molecule has 1 aromatic heterocycles. The van der Waals surface area contributed by atoms with E-state index >= 15 is 0 Å². The SMILES string of the molecule is Cc1ccc(NC(=O)Cc2noc(CNC(=O)[C@@H](N)C(C)C)n2)cc1. The molecule has 2 rings (SSSR count).